The normalized spacial score (nSPS) is 18.8. The van der Waals surface area contributed by atoms with E-state index in [0.717, 1.165) is 38.2 Å². The summed E-state index contributed by atoms with van der Waals surface area (Å²) in [7, 11) is 2.06. The number of aliphatic hydroxyl groups excluding tert-OH is 1. The van der Waals surface area contributed by atoms with Crippen LogP contribution in [0.25, 0.3) is 0 Å². The van der Waals surface area contributed by atoms with Crippen LogP contribution in [-0.4, -0.2) is 42.7 Å². The maximum absolute atomic E-state index is 13.8. The zero-order chi connectivity index (χ0) is 15.6. The van der Waals surface area contributed by atoms with Crippen LogP contribution >= 0.6 is 0 Å². The van der Waals surface area contributed by atoms with Crippen LogP contribution in [0.3, 0.4) is 0 Å². The highest BCUT2D eigenvalue weighted by atomic mass is 19.1. The fourth-order valence-electron chi connectivity index (χ4n) is 3.14. The molecule has 4 heteroatoms. The van der Waals surface area contributed by atoms with Crippen molar-refractivity contribution >= 4 is 5.69 Å². The Morgan fingerprint density at radius 2 is 2.00 bits per heavy atom. The van der Waals surface area contributed by atoms with Gasteiger partial charge >= 0.3 is 0 Å². The van der Waals surface area contributed by atoms with E-state index >= 15 is 0 Å². The second kappa shape index (κ2) is 6.75. The van der Waals surface area contributed by atoms with E-state index in [0.29, 0.717) is 17.2 Å². The molecule has 1 aliphatic rings. The largest absolute Gasteiger partial charge is 0.389 e. The molecule has 0 saturated carbocycles. The van der Waals surface area contributed by atoms with Crippen LogP contribution in [0.2, 0.25) is 0 Å². The second-order valence-corrected chi connectivity index (χ2v) is 6.11. The first-order valence-corrected chi connectivity index (χ1v) is 7.87. The van der Waals surface area contributed by atoms with Crippen molar-refractivity contribution in [3.05, 3.63) is 29.1 Å². The predicted molar refractivity (Wildman–Crippen MR) is 85.3 cm³/mol. The lowest BCUT2D eigenvalue weighted by Crippen LogP contribution is -2.43. The first kappa shape index (κ1) is 16.2. The Morgan fingerprint density at radius 1 is 1.38 bits per heavy atom. The van der Waals surface area contributed by atoms with E-state index in [4.69, 9.17) is 0 Å². The van der Waals surface area contributed by atoms with Crippen LogP contribution in [0.15, 0.2) is 12.1 Å². The van der Waals surface area contributed by atoms with E-state index in [2.05, 4.69) is 23.8 Å². The van der Waals surface area contributed by atoms with Crippen LogP contribution in [0, 0.1) is 12.7 Å². The summed E-state index contributed by atoms with van der Waals surface area (Å²) in [6, 6.07) is 3.80. The van der Waals surface area contributed by atoms with Gasteiger partial charge in [0.25, 0.3) is 0 Å². The highest BCUT2D eigenvalue weighted by molar-refractivity contribution is 5.57. The standard InChI is InChI=1S/C17H27FN2O/c1-5-20-8-6-14(7-9-20)19(4)17-10-12(2)16(18)11-15(17)13(3)21/h10-11,13-14,21H,5-9H2,1-4H3/t13-/m1/s1. The minimum absolute atomic E-state index is 0.246. The zero-order valence-corrected chi connectivity index (χ0v) is 13.6. The molecule has 0 bridgehead atoms. The van der Waals surface area contributed by atoms with Crippen molar-refractivity contribution < 1.29 is 9.50 Å². The van der Waals surface area contributed by atoms with Gasteiger partial charge in [-0.1, -0.05) is 6.92 Å². The topological polar surface area (TPSA) is 26.7 Å². The number of aliphatic hydroxyl groups is 1. The first-order chi connectivity index (χ1) is 9.93. The molecule has 0 spiro atoms. The van der Waals surface area contributed by atoms with Crippen LogP contribution in [-0.2, 0) is 0 Å². The molecule has 0 radical (unpaired) electrons. The molecule has 1 N–H and O–H groups in total. The molecule has 1 heterocycles. The molecule has 1 aromatic rings. The Hall–Kier alpha value is -1.13. The Labute approximate surface area is 127 Å². The Bertz CT molecular complexity index is 482. The molecule has 0 amide bonds. The predicted octanol–water partition coefficient (Wildman–Crippen LogP) is 3.11. The van der Waals surface area contributed by atoms with Gasteiger partial charge in [-0.25, -0.2) is 4.39 Å². The molecule has 0 aromatic heterocycles. The fraction of sp³-hybridized carbons (Fsp3) is 0.647. The smallest absolute Gasteiger partial charge is 0.126 e. The number of benzene rings is 1. The average molecular weight is 294 g/mol. The maximum atomic E-state index is 13.8. The third-order valence-electron chi connectivity index (χ3n) is 4.69. The monoisotopic (exact) mass is 294 g/mol. The summed E-state index contributed by atoms with van der Waals surface area (Å²) < 4.78 is 13.8. The van der Waals surface area contributed by atoms with E-state index < -0.39 is 6.10 Å². The molecule has 3 nitrogen and oxygen atoms in total. The van der Waals surface area contributed by atoms with Gasteiger partial charge in [0.15, 0.2) is 0 Å². The van der Waals surface area contributed by atoms with Gasteiger partial charge in [-0.3, -0.25) is 0 Å². The molecule has 0 aliphatic carbocycles. The SMILES string of the molecule is CCN1CCC(N(C)c2cc(C)c(F)cc2[C@@H](C)O)CC1. The molecule has 1 aliphatic heterocycles. The van der Waals surface area contributed by atoms with E-state index in [9.17, 15) is 9.50 Å². The summed E-state index contributed by atoms with van der Waals surface area (Å²) in [5.74, 6) is -0.246. The van der Waals surface area contributed by atoms with Gasteiger partial charge in [0.05, 0.1) is 6.10 Å². The number of anilines is 1. The number of aryl methyl sites for hydroxylation is 1. The van der Waals surface area contributed by atoms with E-state index in [-0.39, 0.29) is 5.82 Å². The van der Waals surface area contributed by atoms with Crippen molar-refractivity contribution in [1.29, 1.82) is 0 Å². The summed E-state index contributed by atoms with van der Waals surface area (Å²) in [6.45, 7) is 8.98. The van der Waals surface area contributed by atoms with Gasteiger partial charge < -0.3 is 14.9 Å². The highest BCUT2D eigenvalue weighted by Crippen LogP contribution is 2.31. The molecular formula is C17H27FN2O. The number of hydrogen-bond acceptors (Lipinski definition) is 3. The Kier molecular flexibility index (Phi) is 5.22. The quantitative estimate of drug-likeness (QED) is 0.924. The molecule has 1 fully saturated rings. The number of rotatable bonds is 4. The molecule has 2 rings (SSSR count). The molecule has 1 saturated heterocycles. The summed E-state index contributed by atoms with van der Waals surface area (Å²) in [6.07, 6.45) is 1.56. The van der Waals surface area contributed by atoms with E-state index in [1.807, 2.05) is 6.07 Å². The molecule has 1 aromatic carbocycles. The van der Waals surface area contributed by atoms with Gasteiger partial charge in [0, 0.05) is 37.4 Å². The van der Waals surface area contributed by atoms with E-state index in [1.165, 1.54) is 6.07 Å². The Balaban J connectivity index is 2.22. The summed E-state index contributed by atoms with van der Waals surface area (Å²) in [5, 5.41) is 9.95. The van der Waals surface area contributed by atoms with Crippen LogP contribution in [0.1, 0.15) is 43.9 Å². The van der Waals surface area contributed by atoms with Crippen molar-refractivity contribution in [2.24, 2.45) is 0 Å². The molecule has 1 atom stereocenters. The van der Waals surface area contributed by atoms with Gasteiger partial charge in [0.2, 0.25) is 0 Å². The fourth-order valence-corrected chi connectivity index (χ4v) is 3.14. The summed E-state index contributed by atoms with van der Waals surface area (Å²) >= 11 is 0. The first-order valence-electron chi connectivity index (χ1n) is 7.87. The van der Waals surface area contributed by atoms with Crippen LogP contribution < -0.4 is 4.90 Å². The van der Waals surface area contributed by atoms with Gasteiger partial charge in [-0.15, -0.1) is 0 Å². The molecule has 21 heavy (non-hydrogen) atoms. The minimum Gasteiger partial charge on any atom is -0.389 e. The van der Waals surface area contributed by atoms with Gasteiger partial charge in [-0.2, -0.15) is 0 Å². The van der Waals surface area contributed by atoms with Crippen molar-refractivity contribution in [1.82, 2.24) is 4.90 Å². The average Bonchev–Trinajstić information content (AvgIpc) is 2.48. The van der Waals surface area contributed by atoms with Crippen LogP contribution in [0.5, 0.6) is 0 Å². The van der Waals surface area contributed by atoms with Crippen molar-refractivity contribution in [3.63, 3.8) is 0 Å². The number of halogens is 1. The highest BCUT2D eigenvalue weighted by Gasteiger charge is 2.24. The Morgan fingerprint density at radius 3 is 2.52 bits per heavy atom. The second-order valence-electron chi connectivity index (χ2n) is 6.11. The summed E-state index contributed by atoms with van der Waals surface area (Å²) in [4.78, 5) is 4.68. The lowest BCUT2D eigenvalue weighted by atomic mass is 9.99. The van der Waals surface area contributed by atoms with Crippen molar-refractivity contribution in [3.8, 4) is 0 Å². The van der Waals surface area contributed by atoms with Crippen molar-refractivity contribution in [2.75, 3.05) is 31.6 Å². The minimum atomic E-state index is -0.659. The van der Waals surface area contributed by atoms with Gasteiger partial charge in [0.1, 0.15) is 5.82 Å². The lowest BCUT2D eigenvalue weighted by Gasteiger charge is -2.38. The van der Waals surface area contributed by atoms with Crippen LogP contribution in [0.4, 0.5) is 10.1 Å². The molecule has 118 valence electrons. The van der Waals surface area contributed by atoms with Gasteiger partial charge in [-0.05, 0) is 50.9 Å². The third kappa shape index (κ3) is 3.55. The number of piperidine rings is 1. The number of likely N-dealkylation sites (tertiary alicyclic amines) is 1. The van der Waals surface area contributed by atoms with Crippen molar-refractivity contribution in [2.45, 2.75) is 45.8 Å². The molecule has 0 unspecified atom stereocenters. The summed E-state index contributed by atoms with van der Waals surface area (Å²) in [5.41, 5.74) is 2.27. The molecular weight excluding hydrogens is 267 g/mol. The lowest BCUT2D eigenvalue weighted by molar-refractivity contribution is 0.198. The number of hydrogen-bond donors (Lipinski definition) is 1. The maximum Gasteiger partial charge on any atom is 0.126 e. The third-order valence-corrected chi connectivity index (χ3v) is 4.69. The zero-order valence-electron chi connectivity index (χ0n) is 13.6. The number of nitrogens with zero attached hydrogens (tertiary/aromatic N) is 2. The van der Waals surface area contributed by atoms with E-state index in [1.54, 1.807) is 13.8 Å².